The summed E-state index contributed by atoms with van der Waals surface area (Å²) in [6.07, 6.45) is 5.13. The summed E-state index contributed by atoms with van der Waals surface area (Å²) in [6, 6.07) is 18.0. The molecule has 5 heteroatoms. The smallest absolute Gasteiger partial charge is 0.233 e. The van der Waals surface area contributed by atoms with Crippen molar-refractivity contribution in [3.8, 4) is 0 Å². The Morgan fingerprint density at radius 2 is 1.66 bits per heavy atom. The maximum atomic E-state index is 12.4. The van der Waals surface area contributed by atoms with Gasteiger partial charge in [-0.3, -0.25) is 14.5 Å². The van der Waals surface area contributed by atoms with Gasteiger partial charge >= 0.3 is 0 Å². The summed E-state index contributed by atoms with van der Waals surface area (Å²) < 4.78 is 0. The van der Waals surface area contributed by atoms with E-state index in [1.54, 1.807) is 4.90 Å². The molecule has 1 aliphatic heterocycles. The van der Waals surface area contributed by atoms with Gasteiger partial charge in [-0.1, -0.05) is 61.5 Å². The van der Waals surface area contributed by atoms with Crippen molar-refractivity contribution >= 4 is 23.6 Å². The number of hydrogen-bond donors (Lipinski definition) is 1. The first-order valence-electron chi connectivity index (χ1n) is 10.2. The van der Waals surface area contributed by atoms with Crippen molar-refractivity contribution in [3.05, 3.63) is 71.8 Å². The number of nitrogens with one attached hydrogen (secondary N) is 1. The number of anilines is 1. The fraction of sp³-hybridized carbons (Fsp3) is 0.333. The number of amides is 2. The molecule has 0 bridgehead atoms. The molecule has 1 fully saturated rings. The molecule has 0 spiro atoms. The average Bonchev–Trinajstić information content (AvgIpc) is 2.75. The summed E-state index contributed by atoms with van der Waals surface area (Å²) in [4.78, 5) is 28.7. The SMILES string of the molecule is CCc1ccc(NC(=O)CC(=O)N2CCN(C/C=C/c3ccccc3)CC2)cc1. The van der Waals surface area contributed by atoms with E-state index in [9.17, 15) is 9.59 Å². The molecule has 2 aromatic rings. The summed E-state index contributed by atoms with van der Waals surface area (Å²) >= 11 is 0. The standard InChI is InChI=1S/C24H29N3O2/c1-2-20-10-12-22(13-11-20)25-23(28)19-24(29)27-17-15-26(16-18-27)14-6-9-21-7-4-3-5-8-21/h3-13H,2,14-19H2,1H3,(H,25,28)/b9-6+. The molecule has 0 saturated carbocycles. The van der Waals surface area contributed by atoms with Gasteiger partial charge in [0, 0.05) is 38.4 Å². The van der Waals surface area contributed by atoms with Crippen molar-refractivity contribution in [1.29, 1.82) is 0 Å². The van der Waals surface area contributed by atoms with Gasteiger partial charge in [0.1, 0.15) is 6.42 Å². The predicted molar refractivity (Wildman–Crippen MR) is 118 cm³/mol. The topological polar surface area (TPSA) is 52.7 Å². The van der Waals surface area contributed by atoms with Crippen LogP contribution >= 0.6 is 0 Å². The number of rotatable bonds is 7. The maximum Gasteiger partial charge on any atom is 0.233 e. The first kappa shape index (κ1) is 20.8. The van der Waals surface area contributed by atoms with Crippen molar-refractivity contribution in [2.24, 2.45) is 0 Å². The van der Waals surface area contributed by atoms with Crippen LogP contribution in [0, 0.1) is 0 Å². The van der Waals surface area contributed by atoms with Gasteiger partial charge in [-0.05, 0) is 29.7 Å². The molecule has 0 radical (unpaired) electrons. The van der Waals surface area contributed by atoms with Crippen LogP contribution in [0.25, 0.3) is 6.08 Å². The molecule has 3 rings (SSSR count). The summed E-state index contributed by atoms with van der Waals surface area (Å²) in [5.41, 5.74) is 3.14. The fourth-order valence-corrected chi connectivity index (χ4v) is 3.36. The lowest BCUT2D eigenvalue weighted by molar-refractivity contribution is -0.136. The Kier molecular flexibility index (Phi) is 7.59. The molecule has 1 saturated heterocycles. The average molecular weight is 392 g/mol. The summed E-state index contributed by atoms with van der Waals surface area (Å²) in [6.45, 7) is 5.93. The van der Waals surface area contributed by atoms with Crippen LogP contribution in [0.4, 0.5) is 5.69 Å². The minimum absolute atomic E-state index is 0.104. The van der Waals surface area contributed by atoms with Crippen molar-refractivity contribution in [2.45, 2.75) is 19.8 Å². The van der Waals surface area contributed by atoms with E-state index in [1.807, 2.05) is 42.5 Å². The van der Waals surface area contributed by atoms with Crippen molar-refractivity contribution in [1.82, 2.24) is 9.80 Å². The second-order valence-corrected chi connectivity index (χ2v) is 7.27. The van der Waals surface area contributed by atoms with Crippen LogP contribution in [-0.2, 0) is 16.0 Å². The molecule has 2 amide bonds. The van der Waals surface area contributed by atoms with Gasteiger partial charge in [-0.25, -0.2) is 0 Å². The number of carbonyl (C=O) groups excluding carboxylic acids is 2. The number of aryl methyl sites for hydroxylation is 1. The molecule has 2 aromatic carbocycles. The lowest BCUT2D eigenvalue weighted by atomic mass is 10.1. The molecule has 5 nitrogen and oxygen atoms in total. The minimum atomic E-state index is -0.257. The zero-order valence-corrected chi connectivity index (χ0v) is 17.0. The third-order valence-corrected chi connectivity index (χ3v) is 5.16. The Morgan fingerprint density at radius 1 is 0.966 bits per heavy atom. The van der Waals surface area contributed by atoms with Crippen LogP contribution in [0.2, 0.25) is 0 Å². The van der Waals surface area contributed by atoms with Crippen molar-refractivity contribution in [3.63, 3.8) is 0 Å². The van der Waals surface area contributed by atoms with Gasteiger partial charge in [0.2, 0.25) is 11.8 Å². The number of nitrogens with zero attached hydrogens (tertiary/aromatic N) is 2. The molecule has 0 atom stereocenters. The van der Waals surface area contributed by atoms with Gasteiger partial charge in [0.15, 0.2) is 0 Å². The molecular weight excluding hydrogens is 362 g/mol. The van der Waals surface area contributed by atoms with E-state index in [1.165, 1.54) is 11.1 Å². The second kappa shape index (κ2) is 10.6. The number of benzene rings is 2. The van der Waals surface area contributed by atoms with Gasteiger partial charge < -0.3 is 10.2 Å². The van der Waals surface area contributed by atoms with E-state index >= 15 is 0 Å². The monoisotopic (exact) mass is 391 g/mol. The minimum Gasteiger partial charge on any atom is -0.340 e. The summed E-state index contributed by atoms with van der Waals surface area (Å²) in [7, 11) is 0. The second-order valence-electron chi connectivity index (χ2n) is 7.27. The zero-order valence-electron chi connectivity index (χ0n) is 17.0. The van der Waals surface area contributed by atoms with E-state index in [-0.39, 0.29) is 18.2 Å². The molecule has 1 N–H and O–H groups in total. The van der Waals surface area contributed by atoms with Crippen LogP contribution in [0.5, 0.6) is 0 Å². The number of hydrogen-bond acceptors (Lipinski definition) is 3. The Bertz CT molecular complexity index is 823. The van der Waals surface area contributed by atoms with Gasteiger partial charge in [0.05, 0.1) is 0 Å². The predicted octanol–water partition coefficient (Wildman–Crippen LogP) is 3.44. The molecule has 29 heavy (non-hydrogen) atoms. The third kappa shape index (κ3) is 6.57. The highest BCUT2D eigenvalue weighted by atomic mass is 16.2. The first-order valence-corrected chi connectivity index (χ1v) is 10.2. The van der Waals surface area contributed by atoms with Crippen LogP contribution in [0.15, 0.2) is 60.7 Å². The number of carbonyl (C=O) groups is 2. The Balaban J connectivity index is 1.38. The molecule has 1 aliphatic rings. The molecule has 152 valence electrons. The molecule has 0 aromatic heterocycles. The highest BCUT2D eigenvalue weighted by Gasteiger charge is 2.22. The van der Waals surface area contributed by atoms with Crippen LogP contribution in [-0.4, -0.2) is 54.3 Å². The largest absolute Gasteiger partial charge is 0.340 e. The Labute approximate surface area is 173 Å². The van der Waals surface area contributed by atoms with Gasteiger partial charge in [0.25, 0.3) is 0 Å². The van der Waals surface area contributed by atoms with E-state index in [4.69, 9.17) is 0 Å². The van der Waals surface area contributed by atoms with Crippen LogP contribution < -0.4 is 5.32 Å². The Hall–Kier alpha value is -2.92. The first-order chi connectivity index (χ1) is 14.1. The van der Waals surface area contributed by atoms with E-state index in [2.05, 4.69) is 41.4 Å². The maximum absolute atomic E-state index is 12.4. The molecule has 0 aliphatic carbocycles. The zero-order chi connectivity index (χ0) is 20.5. The molecule has 0 unspecified atom stereocenters. The van der Waals surface area contributed by atoms with Gasteiger partial charge in [-0.15, -0.1) is 0 Å². The lowest BCUT2D eigenvalue weighted by Crippen LogP contribution is -2.49. The highest BCUT2D eigenvalue weighted by molar-refractivity contribution is 6.03. The highest BCUT2D eigenvalue weighted by Crippen LogP contribution is 2.11. The van der Waals surface area contributed by atoms with Gasteiger partial charge in [-0.2, -0.15) is 0 Å². The van der Waals surface area contributed by atoms with E-state index in [0.717, 1.165) is 31.7 Å². The van der Waals surface area contributed by atoms with Crippen LogP contribution in [0.3, 0.4) is 0 Å². The normalized spacial score (nSPS) is 14.9. The quantitative estimate of drug-likeness (QED) is 0.736. The molecule has 1 heterocycles. The van der Waals surface area contributed by atoms with Crippen molar-refractivity contribution < 1.29 is 9.59 Å². The van der Waals surface area contributed by atoms with Crippen molar-refractivity contribution in [2.75, 3.05) is 38.0 Å². The van der Waals surface area contributed by atoms with E-state index in [0.29, 0.717) is 13.1 Å². The third-order valence-electron chi connectivity index (χ3n) is 5.16. The molecular formula is C24H29N3O2. The summed E-state index contributed by atoms with van der Waals surface area (Å²) in [5, 5.41) is 2.81. The summed E-state index contributed by atoms with van der Waals surface area (Å²) in [5.74, 6) is -0.361. The van der Waals surface area contributed by atoms with Crippen LogP contribution in [0.1, 0.15) is 24.5 Å². The lowest BCUT2D eigenvalue weighted by Gasteiger charge is -2.34. The van der Waals surface area contributed by atoms with E-state index < -0.39 is 0 Å². The fourth-order valence-electron chi connectivity index (χ4n) is 3.36. The number of piperazine rings is 1. The Morgan fingerprint density at radius 3 is 2.31 bits per heavy atom.